The zero-order valence-corrected chi connectivity index (χ0v) is 13.9. The largest absolute Gasteiger partial charge is 0.264 e. The molecular weight excluding hydrogens is 333 g/mol. The van der Waals surface area contributed by atoms with Gasteiger partial charge in [-0.15, -0.1) is 11.8 Å². The molecule has 1 heterocycles. The topological polar surface area (TPSA) is 12.9 Å². The van der Waals surface area contributed by atoms with Crippen LogP contribution < -0.4 is 0 Å². The van der Waals surface area contributed by atoms with Gasteiger partial charge in [0.05, 0.1) is 15.3 Å². The molecule has 0 N–H and O–H groups in total. The average molecular weight is 346 g/mol. The van der Waals surface area contributed by atoms with Crippen molar-refractivity contribution in [3.63, 3.8) is 0 Å². The molecule has 0 aliphatic rings. The molecule has 0 saturated carbocycles. The minimum Gasteiger partial charge on any atom is -0.264 e. The van der Waals surface area contributed by atoms with Crippen LogP contribution in [0.15, 0.2) is 78.0 Å². The summed E-state index contributed by atoms with van der Waals surface area (Å²) in [7, 11) is 0. The SMILES string of the molecule is Clc1cccc(SC(c2ccccc2)c2cccnc2)c1Cl. The maximum absolute atomic E-state index is 6.34. The van der Waals surface area contributed by atoms with Gasteiger partial charge in [0, 0.05) is 17.3 Å². The van der Waals surface area contributed by atoms with Crippen LogP contribution in [0.25, 0.3) is 0 Å². The fraction of sp³-hybridized carbons (Fsp3) is 0.0556. The Morgan fingerprint density at radius 1 is 0.818 bits per heavy atom. The number of thioether (sulfide) groups is 1. The molecule has 1 unspecified atom stereocenters. The highest BCUT2D eigenvalue weighted by atomic mass is 35.5. The Bertz CT molecular complexity index is 708. The molecule has 0 aliphatic heterocycles. The minimum absolute atomic E-state index is 0.117. The lowest BCUT2D eigenvalue weighted by Gasteiger charge is -2.18. The van der Waals surface area contributed by atoms with E-state index in [-0.39, 0.29) is 5.25 Å². The normalized spacial score (nSPS) is 12.1. The summed E-state index contributed by atoms with van der Waals surface area (Å²) in [6.07, 6.45) is 3.67. The summed E-state index contributed by atoms with van der Waals surface area (Å²) in [6, 6.07) is 20.1. The van der Waals surface area contributed by atoms with Gasteiger partial charge in [-0.3, -0.25) is 4.98 Å². The maximum Gasteiger partial charge on any atom is 0.0728 e. The fourth-order valence-electron chi connectivity index (χ4n) is 2.19. The van der Waals surface area contributed by atoms with E-state index in [4.69, 9.17) is 23.2 Å². The third-order valence-corrected chi connectivity index (χ3v) is 5.56. The highest BCUT2D eigenvalue weighted by Crippen LogP contribution is 2.44. The maximum atomic E-state index is 6.34. The van der Waals surface area contributed by atoms with Crippen LogP contribution in [0.4, 0.5) is 0 Å². The fourth-order valence-corrected chi connectivity index (χ4v) is 3.87. The molecule has 22 heavy (non-hydrogen) atoms. The first-order valence-corrected chi connectivity index (χ1v) is 8.45. The van der Waals surface area contributed by atoms with Crippen molar-refractivity contribution in [1.29, 1.82) is 0 Å². The molecule has 1 nitrogen and oxygen atoms in total. The molecular formula is C18H13Cl2NS. The second kappa shape index (κ2) is 7.19. The van der Waals surface area contributed by atoms with Crippen LogP contribution in [-0.4, -0.2) is 4.98 Å². The summed E-state index contributed by atoms with van der Waals surface area (Å²) in [6.45, 7) is 0. The van der Waals surface area contributed by atoms with E-state index in [0.717, 1.165) is 10.5 Å². The third-order valence-electron chi connectivity index (χ3n) is 3.25. The molecule has 2 aromatic carbocycles. The predicted octanol–water partition coefficient (Wildman–Crippen LogP) is 6.27. The van der Waals surface area contributed by atoms with Gasteiger partial charge in [0.1, 0.15) is 0 Å². The predicted molar refractivity (Wildman–Crippen MR) is 94.8 cm³/mol. The van der Waals surface area contributed by atoms with E-state index in [1.165, 1.54) is 5.56 Å². The van der Waals surface area contributed by atoms with Crippen LogP contribution in [-0.2, 0) is 0 Å². The molecule has 0 fully saturated rings. The molecule has 1 atom stereocenters. The van der Waals surface area contributed by atoms with Gasteiger partial charge in [0.15, 0.2) is 0 Å². The Hall–Kier alpha value is -1.48. The van der Waals surface area contributed by atoms with Crippen LogP contribution >= 0.6 is 35.0 Å². The Morgan fingerprint density at radius 2 is 1.59 bits per heavy atom. The second-order valence-corrected chi connectivity index (χ2v) is 6.68. The van der Waals surface area contributed by atoms with E-state index in [1.54, 1.807) is 24.0 Å². The minimum atomic E-state index is 0.117. The third kappa shape index (κ3) is 3.46. The van der Waals surface area contributed by atoms with Crippen molar-refractivity contribution in [3.8, 4) is 0 Å². The summed E-state index contributed by atoms with van der Waals surface area (Å²) in [5.41, 5.74) is 2.34. The van der Waals surface area contributed by atoms with E-state index >= 15 is 0 Å². The molecule has 3 aromatic rings. The number of hydrogen-bond donors (Lipinski definition) is 0. The number of hydrogen-bond acceptors (Lipinski definition) is 2. The van der Waals surface area contributed by atoms with E-state index < -0.39 is 0 Å². The Kier molecular flexibility index (Phi) is 5.04. The van der Waals surface area contributed by atoms with Crippen molar-refractivity contribution in [1.82, 2.24) is 4.98 Å². The number of pyridine rings is 1. The van der Waals surface area contributed by atoms with Crippen LogP contribution in [0.1, 0.15) is 16.4 Å². The van der Waals surface area contributed by atoms with Gasteiger partial charge in [0.2, 0.25) is 0 Å². The Labute approximate surface area is 144 Å². The molecule has 4 heteroatoms. The summed E-state index contributed by atoms with van der Waals surface area (Å²) >= 11 is 14.2. The van der Waals surface area contributed by atoms with Gasteiger partial charge in [-0.1, -0.05) is 65.7 Å². The molecule has 0 saturated heterocycles. The summed E-state index contributed by atoms with van der Waals surface area (Å²) < 4.78 is 0. The van der Waals surface area contributed by atoms with Gasteiger partial charge in [0.25, 0.3) is 0 Å². The van der Waals surface area contributed by atoms with Gasteiger partial charge in [-0.05, 0) is 29.3 Å². The van der Waals surface area contributed by atoms with Crippen molar-refractivity contribution in [3.05, 3.63) is 94.2 Å². The first kappa shape index (κ1) is 15.4. The standard InChI is InChI=1S/C18H13Cl2NS/c19-15-9-4-10-16(17(15)20)22-18(13-6-2-1-3-7-13)14-8-5-11-21-12-14/h1-12,18H. The average Bonchev–Trinajstić information content (AvgIpc) is 2.58. The van der Waals surface area contributed by atoms with Gasteiger partial charge >= 0.3 is 0 Å². The van der Waals surface area contributed by atoms with Crippen molar-refractivity contribution < 1.29 is 0 Å². The van der Waals surface area contributed by atoms with Crippen molar-refractivity contribution in [2.75, 3.05) is 0 Å². The zero-order valence-electron chi connectivity index (χ0n) is 11.6. The molecule has 0 bridgehead atoms. The molecule has 1 aromatic heterocycles. The van der Waals surface area contributed by atoms with Crippen molar-refractivity contribution >= 4 is 35.0 Å². The summed E-state index contributed by atoms with van der Waals surface area (Å²) in [5.74, 6) is 0. The van der Waals surface area contributed by atoms with Crippen molar-refractivity contribution in [2.45, 2.75) is 10.1 Å². The number of rotatable bonds is 4. The van der Waals surface area contributed by atoms with E-state index in [1.807, 2.05) is 42.6 Å². The highest BCUT2D eigenvalue weighted by Gasteiger charge is 2.18. The Balaban J connectivity index is 2.01. The lowest BCUT2D eigenvalue weighted by atomic mass is 10.1. The molecule has 110 valence electrons. The second-order valence-electron chi connectivity index (χ2n) is 4.75. The molecule has 3 rings (SSSR count). The smallest absolute Gasteiger partial charge is 0.0728 e. The lowest BCUT2D eigenvalue weighted by molar-refractivity contribution is 1.11. The lowest BCUT2D eigenvalue weighted by Crippen LogP contribution is -1.97. The molecule has 0 amide bonds. The molecule has 0 aliphatic carbocycles. The van der Waals surface area contributed by atoms with Crippen molar-refractivity contribution in [2.24, 2.45) is 0 Å². The van der Waals surface area contributed by atoms with E-state index in [9.17, 15) is 0 Å². The molecule has 0 spiro atoms. The number of aromatic nitrogens is 1. The Morgan fingerprint density at radius 3 is 2.32 bits per heavy atom. The van der Waals surface area contributed by atoms with Gasteiger partial charge in [-0.25, -0.2) is 0 Å². The summed E-state index contributed by atoms with van der Waals surface area (Å²) in [5, 5.41) is 1.29. The number of benzene rings is 2. The molecule has 0 radical (unpaired) electrons. The number of halogens is 2. The van der Waals surface area contributed by atoms with Gasteiger partial charge < -0.3 is 0 Å². The highest BCUT2D eigenvalue weighted by molar-refractivity contribution is 7.99. The van der Waals surface area contributed by atoms with Crippen LogP contribution in [0.5, 0.6) is 0 Å². The van der Waals surface area contributed by atoms with Crippen LogP contribution in [0, 0.1) is 0 Å². The van der Waals surface area contributed by atoms with Crippen LogP contribution in [0.2, 0.25) is 10.0 Å². The van der Waals surface area contributed by atoms with Crippen LogP contribution in [0.3, 0.4) is 0 Å². The number of nitrogens with zero attached hydrogens (tertiary/aromatic N) is 1. The summed E-state index contributed by atoms with van der Waals surface area (Å²) in [4.78, 5) is 5.21. The quantitative estimate of drug-likeness (QED) is 0.516. The van der Waals surface area contributed by atoms with Gasteiger partial charge in [-0.2, -0.15) is 0 Å². The first-order chi connectivity index (χ1) is 10.8. The van der Waals surface area contributed by atoms with E-state index in [0.29, 0.717) is 10.0 Å². The van der Waals surface area contributed by atoms with E-state index in [2.05, 4.69) is 23.2 Å². The zero-order chi connectivity index (χ0) is 15.4. The monoisotopic (exact) mass is 345 g/mol. The first-order valence-electron chi connectivity index (χ1n) is 6.81.